The molecule has 1 unspecified atom stereocenters. The Labute approximate surface area is 332 Å². The van der Waals surface area contributed by atoms with E-state index in [2.05, 4.69) is 15.7 Å². The van der Waals surface area contributed by atoms with Crippen LogP contribution in [0.15, 0.2) is 107 Å². The molecular formula is C43H48FN4O8P. The van der Waals surface area contributed by atoms with Crippen molar-refractivity contribution in [2.75, 3.05) is 27.4 Å². The van der Waals surface area contributed by atoms with Crippen molar-refractivity contribution in [2.24, 2.45) is 0 Å². The zero-order valence-corrected chi connectivity index (χ0v) is 33.8. The maximum absolute atomic E-state index is 15.1. The first-order chi connectivity index (χ1) is 27.5. The van der Waals surface area contributed by atoms with Crippen LogP contribution in [0.1, 0.15) is 63.5 Å². The van der Waals surface area contributed by atoms with Gasteiger partial charge in [0.1, 0.15) is 35.2 Å². The number of H-pyrrole nitrogens is 1. The molecule has 1 saturated heterocycles. The molecule has 0 radical (unpaired) electrons. The van der Waals surface area contributed by atoms with Gasteiger partial charge in [-0.15, -0.1) is 0 Å². The van der Waals surface area contributed by atoms with Gasteiger partial charge in [0.2, 0.25) is 0 Å². The van der Waals surface area contributed by atoms with Crippen LogP contribution >= 0.6 is 8.53 Å². The van der Waals surface area contributed by atoms with Crippen molar-refractivity contribution in [3.8, 4) is 17.6 Å². The molecule has 12 nitrogen and oxygen atoms in total. The van der Waals surface area contributed by atoms with Gasteiger partial charge >= 0.3 is 5.69 Å². The third kappa shape index (κ3) is 8.82. The van der Waals surface area contributed by atoms with Crippen LogP contribution < -0.4 is 20.7 Å². The normalized spacial score (nSPS) is 17.7. The van der Waals surface area contributed by atoms with Crippen LogP contribution in [0, 0.1) is 17.1 Å². The molecule has 1 N–H and O–H groups in total. The fourth-order valence-corrected chi connectivity index (χ4v) is 9.12. The standard InChI is InChI=1S/C43H48FN4O8P/c1-28(2)48(29(3)4)57(54-25-11-24-45)56-37-26-39(47-36-15-10-14-35(44)40(36)41(49)46-42(47)50)55-38(37)27-53-43(30-12-8-7-9-13-30,31-16-20-33(51-5)21-17-31)32-18-22-34(52-6)23-19-32/h7-10,12-23,28-29,37-39H,11,25-27H2,1-6H3,(H,46,49,50)/t37-,38+,39+,57?/m0/s1. The van der Waals surface area contributed by atoms with Crippen molar-refractivity contribution in [1.82, 2.24) is 14.2 Å². The second-order valence-corrected chi connectivity index (χ2v) is 15.5. The van der Waals surface area contributed by atoms with Crippen LogP contribution in [0.3, 0.4) is 0 Å². The highest BCUT2D eigenvalue weighted by molar-refractivity contribution is 7.44. The van der Waals surface area contributed by atoms with E-state index in [0.717, 1.165) is 16.7 Å². The number of methoxy groups -OCH3 is 2. The lowest BCUT2D eigenvalue weighted by Gasteiger charge is -2.39. The van der Waals surface area contributed by atoms with Gasteiger partial charge in [0.15, 0.2) is 0 Å². The minimum atomic E-state index is -1.76. The average molecular weight is 799 g/mol. The predicted octanol–water partition coefficient (Wildman–Crippen LogP) is 7.80. The molecule has 1 aliphatic rings. The van der Waals surface area contributed by atoms with E-state index in [1.54, 1.807) is 14.2 Å². The molecule has 1 aromatic heterocycles. The number of rotatable bonds is 17. The first-order valence-electron chi connectivity index (χ1n) is 18.8. The smallest absolute Gasteiger partial charge is 0.330 e. The molecular weight excluding hydrogens is 750 g/mol. The van der Waals surface area contributed by atoms with Crippen LogP contribution in [0.2, 0.25) is 0 Å². The largest absolute Gasteiger partial charge is 0.497 e. The predicted molar refractivity (Wildman–Crippen MR) is 216 cm³/mol. The number of aromatic nitrogens is 2. The Morgan fingerprint density at radius 2 is 1.49 bits per heavy atom. The van der Waals surface area contributed by atoms with Crippen LogP contribution in [-0.2, 0) is 24.1 Å². The number of hydrogen-bond acceptors (Lipinski definition) is 10. The summed E-state index contributed by atoms with van der Waals surface area (Å²) in [6.07, 6.45) is -2.25. The van der Waals surface area contributed by atoms with Gasteiger partial charge in [-0.2, -0.15) is 5.26 Å². The molecule has 2 heterocycles. The number of fused-ring (bicyclic) bond motifs is 1. The summed E-state index contributed by atoms with van der Waals surface area (Å²) < 4.78 is 56.7. The Bertz CT molecular complexity index is 2210. The fraction of sp³-hybridized carbons (Fsp3) is 0.372. The molecule has 4 atom stereocenters. The summed E-state index contributed by atoms with van der Waals surface area (Å²) in [6.45, 7) is 8.26. The lowest BCUT2D eigenvalue weighted by Crippen LogP contribution is -2.39. The fourth-order valence-electron chi connectivity index (χ4n) is 7.36. The Morgan fingerprint density at radius 1 is 0.895 bits per heavy atom. The van der Waals surface area contributed by atoms with Gasteiger partial charge in [0, 0.05) is 18.5 Å². The summed E-state index contributed by atoms with van der Waals surface area (Å²) in [5, 5.41) is 9.09. The van der Waals surface area contributed by atoms with Gasteiger partial charge in [-0.1, -0.05) is 60.7 Å². The summed E-state index contributed by atoms with van der Waals surface area (Å²) in [6, 6.07) is 31.4. The van der Waals surface area contributed by atoms with Crippen molar-refractivity contribution in [3.05, 3.63) is 140 Å². The van der Waals surface area contributed by atoms with Gasteiger partial charge in [-0.3, -0.25) is 14.3 Å². The minimum Gasteiger partial charge on any atom is -0.497 e. The molecule has 5 aromatic rings. The monoisotopic (exact) mass is 798 g/mol. The number of nitriles is 1. The lowest BCUT2D eigenvalue weighted by molar-refractivity contribution is -0.0917. The molecule has 0 amide bonds. The van der Waals surface area contributed by atoms with Gasteiger partial charge in [-0.05, 0) is 80.8 Å². The maximum atomic E-state index is 15.1. The number of benzene rings is 4. The third-order valence-corrected chi connectivity index (χ3v) is 12.1. The minimum absolute atomic E-state index is 0.00984. The van der Waals surface area contributed by atoms with Gasteiger partial charge in [0.25, 0.3) is 14.1 Å². The number of aromatic amines is 1. The van der Waals surface area contributed by atoms with Crippen molar-refractivity contribution < 1.29 is 32.4 Å². The molecule has 0 spiro atoms. The van der Waals surface area contributed by atoms with E-state index < -0.39 is 49.6 Å². The van der Waals surface area contributed by atoms with E-state index in [-0.39, 0.29) is 49.0 Å². The van der Waals surface area contributed by atoms with Crippen molar-refractivity contribution in [3.63, 3.8) is 0 Å². The van der Waals surface area contributed by atoms with Crippen LogP contribution in [-0.4, -0.2) is 65.9 Å². The molecule has 0 saturated carbocycles. The number of hydrogen-bond donors (Lipinski definition) is 1. The van der Waals surface area contributed by atoms with Crippen molar-refractivity contribution in [2.45, 2.75) is 76.7 Å². The molecule has 1 fully saturated rings. The first-order valence-corrected chi connectivity index (χ1v) is 20.0. The highest BCUT2D eigenvalue weighted by Crippen LogP contribution is 2.51. The van der Waals surface area contributed by atoms with Gasteiger partial charge in [0.05, 0.1) is 56.9 Å². The topological polar surface area (TPSA) is 137 Å². The molecule has 4 aromatic carbocycles. The summed E-state index contributed by atoms with van der Waals surface area (Å²) in [5.74, 6) is 0.578. The Balaban J connectivity index is 1.48. The van der Waals surface area contributed by atoms with Crippen molar-refractivity contribution in [1.29, 1.82) is 5.26 Å². The molecule has 1 aliphatic heterocycles. The van der Waals surface area contributed by atoms with Crippen LogP contribution in [0.25, 0.3) is 10.9 Å². The van der Waals surface area contributed by atoms with Gasteiger partial charge in [-0.25, -0.2) is 13.9 Å². The Morgan fingerprint density at radius 3 is 2.05 bits per heavy atom. The lowest BCUT2D eigenvalue weighted by atomic mass is 9.80. The van der Waals surface area contributed by atoms with E-state index in [1.165, 1.54) is 22.8 Å². The van der Waals surface area contributed by atoms with Crippen molar-refractivity contribution >= 4 is 19.4 Å². The van der Waals surface area contributed by atoms with E-state index in [0.29, 0.717) is 11.5 Å². The number of nitrogens with zero attached hydrogens (tertiary/aromatic N) is 3. The molecule has 14 heteroatoms. The molecule has 0 bridgehead atoms. The van der Waals surface area contributed by atoms with E-state index in [1.807, 2.05) is 107 Å². The molecule has 6 rings (SSSR count). The first kappa shape index (κ1) is 41.7. The Hall–Kier alpha value is -4.93. The number of halogens is 1. The number of nitrogens with one attached hydrogen (secondary N) is 1. The summed E-state index contributed by atoms with van der Waals surface area (Å²) in [7, 11) is 1.46. The van der Waals surface area contributed by atoms with Gasteiger partial charge < -0.3 is 28.0 Å². The van der Waals surface area contributed by atoms with Crippen LogP contribution in [0.4, 0.5) is 4.39 Å². The third-order valence-electron chi connectivity index (χ3n) is 9.91. The second-order valence-electron chi connectivity index (χ2n) is 14.1. The zero-order chi connectivity index (χ0) is 40.7. The van der Waals surface area contributed by atoms with Crippen LogP contribution in [0.5, 0.6) is 11.5 Å². The maximum Gasteiger partial charge on any atom is 0.330 e. The molecule has 0 aliphatic carbocycles. The van der Waals surface area contributed by atoms with E-state index >= 15 is 4.39 Å². The van der Waals surface area contributed by atoms with E-state index in [4.69, 9.17) is 28.0 Å². The molecule has 57 heavy (non-hydrogen) atoms. The number of ether oxygens (including phenoxy) is 4. The highest BCUT2D eigenvalue weighted by atomic mass is 31.2. The Kier molecular flexibility index (Phi) is 13.6. The zero-order valence-electron chi connectivity index (χ0n) is 32.9. The highest BCUT2D eigenvalue weighted by Gasteiger charge is 2.45. The summed E-state index contributed by atoms with van der Waals surface area (Å²) in [4.78, 5) is 28.7. The second kappa shape index (κ2) is 18.6. The average Bonchev–Trinajstić information content (AvgIpc) is 3.60. The quantitative estimate of drug-likeness (QED) is 0.0564. The SMILES string of the molecule is COc1ccc(C(OC[C@H]2O[C@@H](n3c(=O)[nH]c(=O)c4c(F)cccc43)C[C@@H]2OP(OCCC#N)N(C(C)C)C(C)C)(c2ccccc2)c2ccc(OC)cc2)cc1. The molecule has 300 valence electrons. The van der Waals surface area contributed by atoms with E-state index in [9.17, 15) is 14.9 Å². The summed E-state index contributed by atoms with van der Waals surface area (Å²) >= 11 is 0. The summed E-state index contributed by atoms with van der Waals surface area (Å²) in [5.41, 5.74) is -0.263.